The van der Waals surface area contributed by atoms with Crippen molar-refractivity contribution in [1.82, 2.24) is 10.2 Å². The third-order valence-corrected chi connectivity index (χ3v) is 4.96. The molecule has 1 aliphatic carbocycles. The molecule has 0 aromatic rings. The molecule has 0 aromatic heterocycles. The van der Waals surface area contributed by atoms with E-state index in [4.69, 9.17) is 0 Å². The summed E-state index contributed by atoms with van der Waals surface area (Å²) in [6, 6.07) is 0.146. The van der Waals surface area contributed by atoms with E-state index < -0.39 is 0 Å². The summed E-state index contributed by atoms with van der Waals surface area (Å²) in [4.78, 5) is 14.6. The zero-order valence-corrected chi connectivity index (χ0v) is 10.7. The summed E-state index contributed by atoms with van der Waals surface area (Å²) >= 11 is 0. The highest BCUT2D eigenvalue weighted by Crippen LogP contribution is 2.37. The molecule has 96 valence electrons. The zero-order valence-electron chi connectivity index (χ0n) is 10.7. The quantitative estimate of drug-likeness (QED) is 0.752. The number of rotatable bonds is 1. The first-order valence-corrected chi connectivity index (χ1v) is 7.38. The first kappa shape index (κ1) is 11.5. The maximum atomic E-state index is 12.5. The summed E-state index contributed by atoms with van der Waals surface area (Å²) in [5.41, 5.74) is 0. The summed E-state index contributed by atoms with van der Waals surface area (Å²) in [6.45, 7) is 3.04. The van der Waals surface area contributed by atoms with E-state index in [0.29, 0.717) is 11.8 Å². The Labute approximate surface area is 104 Å². The molecular formula is C14H24N2O. The standard InChI is InChI=1S/C14H24N2O/c17-14(16-9-3-4-10-16)13-12-6-2-1-5-11(12)7-8-15-13/h11-13,15H,1-10H2/t11-,12?,13?/m0/s1. The van der Waals surface area contributed by atoms with Gasteiger partial charge in [0, 0.05) is 13.1 Å². The van der Waals surface area contributed by atoms with Crippen molar-refractivity contribution in [2.24, 2.45) is 11.8 Å². The van der Waals surface area contributed by atoms with E-state index in [2.05, 4.69) is 10.2 Å². The second kappa shape index (κ2) is 4.97. The third-order valence-electron chi connectivity index (χ3n) is 4.96. The molecule has 0 spiro atoms. The minimum Gasteiger partial charge on any atom is -0.341 e. The van der Waals surface area contributed by atoms with Gasteiger partial charge in [-0.25, -0.2) is 0 Å². The van der Waals surface area contributed by atoms with Crippen LogP contribution in [0.15, 0.2) is 0 Å². The summed E-state index contributed by atoms with van der Waals surface area (Å²) < 4.78 is 0. The van der Waals surface area contributed by atoms with Gasteiger partial charge >= 0.3 is 0 Å². The molecule has 3 aliphatic rings. The molecule has 0 radical (unpaired) electrons. The number of piperidine rings is 1. The number of nitrogens with zero attached hydrogens (tertiary/aromatic N) is 1. The van der Waals surface area contributed by atoms with Crippen LogP contribution in [-0.4, -0.2) is 36.5 Å². The van der Waals surface area contributed by atoms with E-state index in [1.807, 2.05) is 0 Å². The number of hydrogen-bond donors (Lipinski definition) is 1. The Morgan fingerprint density at radius 2 is 1.76 bits per heavy atom. The minimum absolute atomic E-state index is 0.146. The number of hydrogen-bond acceptors (Lipinski definition) is 2. The molecule has 3 fully saturated rings. The lowest BCUT2D eigenvalue weighted by Gasteiger charge is -2.42. The van der Waals surface area contributed by atoms with Gasteiger partial charge < -0.3 is 10.2 Å². The maximum absolute atomic E-state index is 12.5. The SMILES string of the molecule is O=C(C1NCC[C@@H]2CCCCC12)N1CCCC1. The van der Waals surface area contributed by atoms with Crippen molar-refractivity contribution in [3.05, 3.63) is 0 Å². The Bertz CT molecular complexity index is 284. The number of carbonyl (C=O) groups excluding carboxylic acids is 1. The smallest absolute Gasteiger partial charge is 0.240 e. The summed E-state index contributed by atoms with van der Waals surface area (Å²) in [6.07, 6.45) is 9.02. The molecule has 0 aromatic carbocycles. The number of carbonyl (C=O) groups is 1. The van der Waals surface area contributed by atoms with Gasteiger partial charge in [-0.2, -0.15) is 0 Å². The Morgan fingerprint density at radius 3 is 2.59 bits per heavy atom. The lowest BCUT2D eigenvalue weighted by Crippen LogP contribution is -2.55. The molecule has 2 aliphatic heterocycles. The molecule has 1 saturated carbocycles. The molecule has 1 amide bonds. The molecule has 0 bridgehead atoms. The van der Waals surface area contributed by atoms with Crippen molar-refractivity contribution < 1.29 is 4.79 Å². The highest BCUT2D eigenvalue weighted by Gasteiger charge is 2.40. The molecule has 3 heteroatoms. The van der Waals surface area contributed by atoms with Crippen LogP contribution in [0.2, 0.25) is 0 Å². The van der Waals surface area contributed by atoms with E-state index >= 15 is 0 Å². The topological polar surface area (TPSA) is 32.3 Å². The van der Waals surface area contributed by atoms with Crippen LogP contribution in [0.4, 0.5) is 0 Å². The Kier molecular flexibility index (Phi) is 3.37. The van der Waals surface area contributed by atoms with Gasteiger partial charge in [-0.3, -0.25) is 4.79 Å². The Morgan fingerprint density at radius 1 is 1.00 bits per heavy atom. The van der Waals surface area contributed by atoms with Gasteiger partial charge in [0.15, 0.2) is 0 Å². The summed E-state index contributed by atoms with van der Waals surface area (Å²) in [5.74, 6) is 1.85. The highest BCUT2D eigenvalue weighted by atomic mass is 16.2. The van der Waals surface area contributed by atoms with E-state index in [-0.39, 0.29) is 6.04 Å². The largest absolute Gasteiger partial charge is 0.341 e. The molecule has 17 heavy (non-hydrogen) atoms. The van der Waals surface area contributed by atoms with Crippen molar-refractivity contribution in [1.29, 1.82) is 0 Å². The predicted molar refractivity (Wildman–Crippen MR) is 67.7 cm³/mol. The van der Waals surface area contributed by atoms with Crippen LogP contribution in [0.1, 0.15) is 44.9 Å². The van der Waals surface area contributed by atoms with Crippen LogP contribution in [0, 0.1) is 11.8 Å². The lowest BCUT2D eigenvalue weighted by molar-refractivity contribution is -0.135. The first-order valence-electron chi connectivity index (χ1n) is 7.38. The number of fused-ring (bicyclic) bond motifs is 1. The number of amides is 1. The van der Waals surface area contributed by atoms with Gasteiger partial charge in [0.1, 0.15) is 0 Å². The average Bonchev–Trinajstić information content (AvgIpc) is 2.91. The van der Waals surface area contributed by atoms with Crippen LogP contribution >= 0.6 is 0 Å². The van der Waals surface area contributed by atoms with Crippen molar-refractivity contribution >= 4 is 5.91 Å². The van der Waals surface area contributed by atoms with Gasteiger partial charge in [-0.05, 0) is 44.1 Å². The molecule has 1 N–H and O–H groups in total. The maximum Gasteiger partial charge on any atom is 0.240 e. The second-order valence-electron chi connectivity index (χ2n) is 5.96. The van der Waals surface area contributed by atoms with Crippen LogP contribution < -0.4 is 5.32 Å². The predicted octanol–water partition coefficient (Wildman–Crippen LogP) is 1.78. The second-order valence-corrected chi connectivity index (χ2v) is 5.96. The minimum atomic E-state index is 0.146. The van der Waals surface area contributed by atoms with Crippen molar-refractivity contribution in [2.75, 3.05) is 19.6 Å². The fraction of sp³-hybridized carbons (Fsp3) is 0.929. The highest BCUT2D eigenvalue weighted by molar-refractivity contribution is 5.82. The molecule has 2 saturated heterocycles. The molecule has 2 heterocycles. The van der Waals surface area contributed by atoms with Gasteiger partial charge in [0.05, 0.1) is 6.04 Å². The van der Waals surface area contributed by atoms with E-state index in [1.54, 1.807) is 0 Å². The van der Waals surface area contributed by atoms with Crippen LogP contribution in [0.25, 0.3) is 0 Å². The zero-order chi connectivity index (χ0) is 11.7. The summed E-state index contributed by atoms with van der Waals surface area (Å²) in [7, 11) is 0. The fourth-order valence-corrected chi connectivity index (χ4v) is 4.01. The summed E-state index contributed by atoms with van der Waals surface area (Å²) in [5, 5.41) is 3.50. The van der Waals surface area contributed by atoms with Crippen molar-refractivity contribution in [2.45, 2.75) is 51.0 Å². The molecular weight excluding hydrogens is 212 g/mol. The van der Waals surface area contributed by atoms with E-state index in [9.17, 15) is 4.79 Å². The molecule has 3 atom stereocenters. The number of nitrogens with one attached hydrogen (secondary N) is 1. The third kappa shape index (κ3) is 2.22. The fourth-order valence-electron chi connectivity index (χ4n) is 4.01. The number of likely N-dealkylation sites (tertiary alicyclic amines) is 1. The van der Waals surface area contributed by atoms with Crippen molar-refractivity contribution in [3.8, 4) is 0 Å². The van der Waals surface area contributed by atoms with Crippen LogP contribution in [0.3, 0.4) is 0 Å². The van der Waals surface area contributed by atoms with Crippen LogP contribution in [-0.2, 0) is 4.79 Å². The lowest BCUT2D eigenvalue weighted by atomic mass is 9.71. The van der Waals surface area contributed by atoms with Gasteiger partial charge in [0.25, 0.3) is 0 Å². The van der Waals surface area contributed by atoms with Gasteiger partial charge in [-0.15, -0.1) is 0 Å². The Balaban J connectivity index is 1.69. The average molecular weight is 236 g/mol. The van der Waals surface area contributed by atoms with E-state index in [0.717, 1.165) is 25.6 Å². The first-order chi connectivity index (χ1) is 8.36. The van der Waals surface area contributed by atoms with E-state index in [1.165, 1.54) is 44.9 Å². The van der Waals surface area contributed by atoms with Gasteiger partial charge in [0.2, 0.25) is 5.91 Å². The Hall–Kier alpha value is -0.570. The normalized spacial score (nSPS) is 37.9. The molecule has 3 rings (SSSR count). The molecule has 3 nitrogen and oxygen atoms in total. The molecule has 2 unspecified atom stereocenters. The van der Waals surface area contributed by atoms with Crippen LogP contribution in [0.5, 0.6) is 0 Å². The van der Waals surface area contributed by atoms with Crippen molar-refractivity contribution in [3.63, 3.8) is 0 Å². The monoisotopic (exact) mass is 236 g/mol. The van der Waals surface area contributed by atoms with Gasteiger partial charge in [-0.1, -0.05) is 19.3 Å².